The second-order valence-corrected chi connectivity index (χ2v) is 7.36. The average Bonchev–Trinajstić information content (AvgIpc) is 2.51. The Kier molecular flexibility index (Phi) is 6.04. The predicted molar refractivity (Wildman–Crippen MR) is 96.2 cm³/mol. The molecule has 1 atom stereocenters. The van der Waals surface area contributed by atoms with E-state index < -0.39 is 4.92 Å². The van der Waals surface area contributed by atoms with Gasteiger partial charge in [-0.1, -0.05) is 27.5 Å². The Balaban J connectivity index is 2.03. The molecule has 0 fully saturated rings. The lowest BCUT2D eigenvalue weighted by atomic mass is 10.2. The summed E-state index contributed by atoms with van der Waals surface area (Å²) in [5.41, 5.74) is 0.232. The fraction of sp³-hybridized carbons (Fsp3) is 0.133. The van der Waals surface area contributed by atoms with E-state index in [1.165, 1.54) is 30.0 Å². The Labute approximate surface area is 150 Å². The first-order valence-electron chi connectivity index (χ1n) is 6.54. The molecule has 0 radical (unpaired) electrons. The number of rotatable bonds is 5. The zero-order valence-corrected chi connectivity index (χ0v) is 15.1. The molecule has 0 bridgehead atoms. The standard InChI is InChI=1S/C15H12BrClN2O3S/c1-9(23-12-5-2-10(16)3-6-12)15(20)18-14-7-4-11(19(21)22)8-13(14)17/h2-9H,1H3,(H,18,20). The maximum Gasteiger partial charge on any atom is 0.271 e. The molecular weight excluding hydrogens is 404 g/mol. The fourth-order valence-electron chi connectivity index (χ4n) is 1.72. The van der Waals surface area contributed by atoms with Gasteiger partial charge in [-0.25, -0.2) is 0 Å². The maximum atomic E-state index is 12.2. The van der Waals surface area contributed by atoms with Crippen molar-refractivity contribution in [3.63, 3.8) is 0 Å². The number of nitrogens with one attached hydrogen (secondary N) is 1. The summed E-state index contributed by atoms with van der Waals surface area (Å²) in [6.07, 6.45) is 0. The quantitative estimate of drug-likeness (QED) is 0.417. The van der Waals surface area contributed by atoms with Crippen molar-refractivity contribution in [3.8, 4) is 0 Å². The Morgan fingerprint density at radius 2 is 1.96 bits per heavy atom. The Bertz CT molecular complexity index is 740. The second kappa shape index (κ2) is 7.81. The highest BCUT2D eigenvalue weighted by Crippen LogP contribution is 2.29. The van der Waals surface area contributed by atoms with Crippen molar-refractivity contribution in [2.24, 2.45) is 0 Å². The highest BCUT2D eigenvalue weighted by Gasteiger charge is 2.17. The number of carbonyl (C=O) groups is 1. The molecule has 0 heterocycles. The lowest BCUT2D eigenvalue weighted by molar-refractivity contribution is -0.384. The van der Waals surface area contributed by atoms with E-state index in [1.807, 2.05) is 24.3 Å². The highest BCUT2D eigenvalue weighted by molar-refractivity contribution is 9.10. The van der Waals surface area contributed by atoms with E-state index >= 15 is 0 Å². The van der Waals surface area contributed by atoms with E-state index in [4.69, 9.17) is 11.6 Å². The molecule has 1 unspecified atom stereocenters. The number of amides is 1. The first-order chi connectivity index (χ1) is 10.9. The monoisotopic (exact) mass is 414 g/mol. The number of benzene rings is 2. The number of hydrogen-bond donors (Lipinski definition) is 1. The number of hydrogen-bond acceptors (Lipinski definition) is 4. The molecule has 8 heteroatoms. The number of carbonyl (C=O) groups excluding carboxylic acids is 1. The third kappa shape index (κ3) is 4.95. The molecule has 0 spiro atoms. The van der Waals surface area contributed by atoms with Crippen LogP contribution in [-0.4, -0.2) is 16.1 Å². The minimum Gasteiger partial charge on any atom is -0.324 e. The molecule has 5 nitrogen and oxygen atoms in total. The lowest BCUT2D eigenvalue weighted by Crippen LogP contribution is -2.22. The van der Waals surface area contributed by atoms with Gasteiger partial charge in [0.05, 0.1) is 20.9 Å². The van der Waals surface area contributed by atoms with Gasteiger partial charge in [0.25, 0.3) is 5.69 Å². The molecule has 120 valence electrons. The molecule has 0 aliphatic carbocycles. The third-order valence-corrected chi connectivity index (χ3v) is 4.87. The van der Waals surface area contributed by atoms with Gasteiger partial charge >= 0.3 is 0 Å². The number of nitro groups is 1. The van der Waals surface area contributed by atoms with Crippen molar-refractivity contribution in [2.75, 3.05) is 5.32 Å². The molecule has 2 aromatic rings. The molecular formula is C15H12BrClN2O3S. The first-order valence-corrected chi connectivity index (χ1v) is 8.59. The van der Waals surface area contributed by atoms with Crippen LogP contribution in [0.2, 0.25) is 5.02 Å². The summed E-state index contributed by atoms with van der Waals surface area (Å²) in [7, 11) is 0. The van der Waals surface area contributed by atoms with Crippen LogP contribution in [0.25, 0.3) is 0 Å². The van der Waals surface area contributed by atoms with E-state index in [2.05, 4.69) is 21.2 Å². The molecule has 1 amide bonds. The Morgan fingerprint density at radius 3 is 2.52 bits per heavy atom. The zero-order chi connectivity index (χ0) is 17.0. The van der Waals surface area contributed by atoms with E-state index in [1.54, 1.807) is 6.92 Å². The van der Waals surface area contributed by atoms with Gasteiger partial charge in [-0.3, -0.25) is 14.9 Å². The van der Waals surface area contributed by atoms with Gasteiger partial charge in [-0.2, -0.15) is 0 Å². The summed E-state index contributed by atoms with van der Waals surface area (Å²) < 4.78 is 0.969. The average molecular weight is 416 g/mol. The van der Waals surface area contributed by atoms with Gasteiger partial charge in [0.1, 0.15) is 0 Å². The maximum absolute atomic E-state index is 12.2. The Hall–Kier alpha value is -1.57. The first kappa shape index (κ1) is 17.8. The summed E-state index contributed by atoms with van der Waals surface area (Å²) in [6.45, 7) is 1.78. The number of halogens is 2. The van der Waals surface area contributed by atoms with Gasteiger partial charge < -0.3 is 5.32 Å². The summed E-state index contributed by atoms with van der Waals surface area (Å²) in [5, 5.41) is 13.1. The molecule has 0 aromatic heterocycles. The van der Waals surface area contributed by atoms with E-state index in [-0.39, 0.29) is 21.9 Å². The molecule has 2 aromatic carbocycles. The summed E-state index contributed by atoms with van der Waals surface area (Å²) >= 11 is 10.7. The van der Waals surface area contributed by atoms with Crippen LogP contribution in [0.15, 0.2) is 51.8 Å². The van der Waals surface area contributed by atoms with Gasteiger partial charge in [0.2, 0.25) is 5.91 Å². The number of anilines is 1. The summed E-state index contributed by atoms with van der Waals surface area (Å²) in [4.78, 5) is 23.3. The molecule has 0 saturated carbocycles. The summed E-state index contributed by atoms with van der Waals surface area (Å²) in [6, 6.07) is 11.6. The topological polar surface area (TPSA) is 72.2 Å². The van der Waals surface area contributed by atoms with Crippen LogP contribution in [0.1, 0.15) is 6.92 Å². The van der Waals surface area contributed by atoms with Crippen molar-refractivity contribution in [3.05, 3.63) is 62.1 Å². The van der Waals surface area contributed by atoms with Gasteiger partial charge in [-0.05, 0) is 37.3 Å². The molecule has 0 saturated heterocycles. The van der Waals surface area contributed by atoms with Crippen LogP contribution in [0.3, 0.4) is 0 Å². The molecule has 1 N–H and O–H groups in total. The van der Waals surface area contributed by atoms with Gasteiger partial charge in [0.15, 0.2) is 0 Å². The van der Waals surface area contributed by atoms with Crippen LogP contribution in [-0.2, 0) is 4.79 Å². The number of thioether (sulfide) groups is 1. The largest absolute Gasteiger partial charge is 0.324 e. The SMILES string of the molecule is CC(Sc1ccc(Br)cc1)C(=O)Nc1ccc([N+](=O)[O-])cc1Cl. The molecule has 0 aliphatic heterocycles. The zero-order valence-electron chi connectivity index (χ0n) is 12.0. The van der Waals surface area contributed by atoms with Crippen molar-refractivity contribution in [1.29, 1.82) is 0 Å². The minimum absolute atomic E-state index is 0.120. The smallest absolute Gasteiger partial charge is 0.271 e. The second-order valence-electron chi connectivity index (χ2n) is 4.62. The van der Waals surface area contributed by atoms with Crippen LogP contribution < -0.4 is 5.32 Å². The van der Waals surface area contributed by atoms with E-state index in [9.17, 15) is 14.9 Å². The van der Waals surface area contributed by atoms with Gasteiger partial charge in [0, 0.05) is 21.5 Å². The third-order valence-electron chi connectivity index (χ3n) is 2.92. The number of non-ortho nitro benzene ring substituents is 1. The van der Waals surface area contributed by atoms with Crippen molar-refractivity contribution >= 4 is 56.6 Å². The molecule has 2 rings (SSSR count). The van der Waals surface area contributed by atoms with E-state index in [0.29, 0.717) is 5.69 Å². The molecule has 23 heavy (non-hydrogen) atoms. The Morgan fingerprint density at radius 1 is 1.30 bits per heavy atom. The van der Waals surface area contributed by atoms with Crippen LogP contribution >= 0.6 is 39.3 Å². The normalized spacial score (nSPS) is 11.8. The van der Waals surface area contributed by atoms with Crippen LogP contribution in [0, 0.1) is 10.1 Å². The minimum atomic E-state index is -0.538. The predicted octanol–water partition coefficient (Wildman–Crippen LogP) is 5.13. The van der Waals surface area contributed by atoms with Gasteiger partial charge in [-0.15, -0.1) is 11.8 Å². The number of nitrogens with zero attached hydrogens (tertiary/aromatic N) is 1. The van der Waals surface area contributed by atoms with E-state index in [0.717, 1.165) is 9.37 Å². The summed E-state index contributed by atoms with van der Waals surface area (Å²) in [5.74, 6) is -0.228. The highest BCUT2D eigenvalue weighted by atomic mass is 79.9. The molecule has 0 aliphatic rings. The number of nitro benzene ring substituents is 1. The van der Waals surface area contributed by atoms with Crippen molar-refractivity contribution in [2.45, 2.75) is 17.1 Å². The van der Waals surface area contributed by atoms with Crippen LogP contribution in [0.5, 0.6) is 0 Å². The fourth-order valence-corrected chi connectivity index (χ4v) is 3.08. The van der Waals surface area contributed by atoms with Crippen LogP contribution in [0.4, 0.5) is 11.4 Å². The van der Waals surface area contributed by atoms with Crippen molar-refractivity contribution < 1.29 is 9.72 Å². The lowest BCUT2D eigenvalue weighted by Gasteiger charge is -2.13. The van der Waals surface area contributed by atoms with Crippen molar-refractivity contribution in [1.82, 2.24) is 0 Å².